The van der Waals surface area contributed by atoms with Crippen molar-refractivity contribution in [2.24, 2.45) is 0 Å². The summed E-state index contributed by atoms with van der Waals surface area (Å²) in [7, 11) is 1.69. The standard InChI is InChI=1S/C9H16N2O4/c1-3-10(2)9(14)11-4-5-15-7(6-11)8(12)13/h7H,3-6H2,1-2H3,(H,12,13). The smallest absolute Gasteiger partial charge is 0.334 e. The van der Waals surface area contributed by atoms with E-state index in [-0.39, 0.29) is 19.2 Å². The summed E-state index contributed by atoms with van der Waals surface area (Å²) in [4.78, 5) is 25.4. The maximum Gasteiger partial charge on any atom is 0.334 e. The van der Waals surface area contributed by atoms with Gasteiger partial charge in [-0.05, 0) is 6.92 Å². The molecule has 0 saturated carbocycles. The molecule has 0 aromatic rings. The molecule has 0 aromatic heterocycles. The number of hydrogen-bond donors (Lipinski definition) is 1. The molecule has 1 unspecified atom stereocenters. The van der Waals surface area contributed by atoms with Crippen molar-refractivity contribution in [2.75, 3.05) is 33.3 Å². The van der Waals surface area contributed by atoms with Gasteiger partial charge < -0.3 is 19.6 Å². The van der Waals surface area contributed by atoms with E-state index in [1.54, 1.807) is 11.9 Å². The lowest BCUT2D eigenvalue weighted by molar-refractivity contribution is -0.154. The fourth-order valence-corrected chi connectivity index (χ4v) is 1.35. The highest BCUT2D eigenvalue weighted by Crippen LogP contribution is 2.07. The summed E-state index contributed by atoms with van der Waals surface area (Å²) in [6.07, 6.45) is -0.895. The minimum Gasteiger partial charge on any atom is -0.479 e. The molecule has 1 aliphatic rings. The number of morpholine rings is 1. The van der Waals surface area contributed by atoms with Gasteiger partial charge in [-0.1, -0.05) is 0 Å². The maximum atomic E-state index is 11.7. The van der Waals surface area contributed by atoms with Gasteiger partial charge in [-0.2, -0.15) is 0 Å². The van der Waals surface area contributed by atoms with Gasteiger partial charge in [0.05, 0.1) is 13.2 Å². The van der Waals surface area contributed by atoms with Crippen LogP contribution in [-0.2, 0) is 9.53 Å². The van der Waals surface area contributed by atoms with Crippen molar-refractivity contribution in [3.63, 3.8) is 0 Å². The second-order valence-electron chi connectivity index (χ2n) is 3.44. The SMILES string of the molecule is CCN(C)C(=O)N1CCOC(C(=O)O)C1. The van der Waals surface area contributed by atoms with E-state index in [4.69, 9.17) is 9.84 Å². The van der Waals surface area contributed by atoms with Gasteiger partial charge in [0.2, 0.25) is 0 Å². The highest BCUT2D eigenvalue weighted by molar-refractivity contribution is 5.77. The molecule has 6 heteroatoms. The van der Waals surface area contributed by atoms with E-state index < -0.39 is 12.1 Å². The molecule has 0 radical (unpaired) electrons. The average molecular weight is 216 g/mol. The Balaban J connectivity index is 2.56. The van der Waals surface area contributed by atoms with E-state index >= 15 is 0 Å². The molecule has 0 bridgehead atoms. The number of aliphatic carboxylic acids is 1. The van der Waals surface area contributed by atoms with Gasteiger partial charge in [-0.3, -0.25) is 0 Å². The zero-order valence-corrected chi connectivity index (χ0v) is 8.97. The van der Waals surface area contributed by atoms with Gasteiger partial charge in [-0.25, -0.2) is 9.59 Å². The first-order valence-corrected chi connectivity index (χ1v) is 4.90. The summed E-state index contributed by atoms with van der Waals surface area (Å²) in [5.74, 6) is -1.02. The fourth-order valence-electron chi connectivity index (χ4n) is 1.35. The molecule has 86 valence electrons. The third-order valence-electron chi connectivity index (χ3n) is 2.41. The third kappa shape index (κ3) is 2.82. The molecule has 1 N–H and O–H groups in total. The van der Waals surface area contributed by atoms with Crippen LogP contribution in [0.3, 0.4) is 0 Å². The van der Waals surface area contributed by atoms with Crippen LogP contribution in [0.2, 0.25) is 0 Å². The molecule has 1 saturated heterocycles. The maximum absolute atomic E-state index is 11.7. The van der Waals surface area contributed by atoms with Crippen molar-refractivity contribution in [1.29, 1.82) is 0 Å². The summed E-state index contributed by atoms with van der Waals surface area (Å²) in [6.45, 7) is 3.33. The van der Waals surface area contributed by atoms with Crippen LogP contribution in [0.1, 0.15) is 6.92 Å². The van der Waals surface area contributed by atoms with Crippen LogP contribution in [0.25, 0.3) is 0 Å². The number of amides is 2. The predicted octanol–water partition coefficient (Wildman–Crippen LogP) is -0.156. The van der Waals surface area contributed by atoms with Crippen LogP contribution < -0.4 is 0 Å². The summed E-state index contributed by atoms with van der Waals surface area (Å²) in [5.41, 5.74) is 0. The molecule has 1 rings (SSSR count). The van der Waals surface area contributed by atoms with Crippen LogP contribution in [0, 0.1) is 0 Å². The largest absolute Gasteiger partial charge is 0.479 e. The van der Waals surface area contributed by atoms with E-state index in [2.05, 4.69) is 0 Å². The quantitative estimate of drug-likeness (QED) is 0.696. The number of carbonyl (C=O) groups excluding carboxylic acids is 1. The van der Waals surface area contributed by atoms with Crippen LogP contribution in [-0.4, -0.2) is 66.3 Å². The van der Waals surface area contributed by atoms with E-state index in [1.165, 1.54) is 4.90 Å². The second-order valence-corrected chi connectivity index (χ2v) is 3.44. The first-order valence-electron chi connectivity index (χ1n) is 4.90. The first kappa shape index (κ1) is 11.8. The zero-order valence-electron chi connectivity index (χ0n) is 8.97. The van der Waals surface area contributed by atoms with E-state index in [0.29, 0.717) is 13.1 Å². The van der Waals surface area contributed by atoms with Crippen LogP contribution in [0.4, 0.5) is 4.79 Å². The number of urea groups is 1. The van der Waals surface area contributed by atoms with Crippen molar-refractivity contribution in [1.82, 2.24) is 9.80 Å². The highest BCUT2D eigenvalue weighted by atomic mass is 16.5. The first-order chi connectivity index (χ1) is 7.06. The number of carboxylic acid groups (broad SMARTS) is 1. The highest BCUT2D eigenvalue weighted by Gasteiger charge is 2.29. The molecule has 15 heavy (non-hydrogen) atoms. The molecule has 1 aliphatic heterocycles. The fraction of sp³-hybridized carbons (Fsp3) is 0.778. The molecular weight excluding hydrogens is 200 g/mol. The number of ether oxygens (including phenoxy) is 1. The Morgan fingerprint density at radius 1 is 1.60 bits per heavy atom. The molecule has 1 heterocycles. The van der Waals surface area contributed by atoms with Crippen molar-refractivity contribution in [3.05, 3.63) is 0 Å². The molecule has 0 spiro atoms. The van der Waals surface area contributed by atoms with Gasteiger partial charge in [0.25, 0.3) is 0 Å². The van der Waals surface area contributed by atoms with E-state index in [1.807, 2.05) is 6.92 Å². The Morgan fingerprint density at radius 2 is 2.27 bits per heavy atom. The zero-order chi connectivity index (χ0) is 11.4. The number of nitrogens with zero attached hydrogens (tertiary/aromatic N) is 2. The van der Waals surface area contributed by atoms with Crippen molar-refractivity contribution >= 4 is 12.0 Å². The van der Waals surface area contributed by atoms with Gasteiger partial charge >= 0.3 is 12.0 Å². The van der Waals surface area contributed by atoms with Crippen LogP contribution in [0.5, 0.6) is 0 Å². The van der Waals surface area contributed by atoms with Crippen molar-refractivity contribution < 1.29 is 19.4 Å². The lowest BCUT2D eigenvalue weighted by Gasteiger charge is -2.33. The lowest BCUT2D eigenvalue weighted by Crippen LogP contribution is -2.52. The number of rotatable bonds is 2. The number of carbonyl (C=O) groups is 2. The van der Waals surface area contributed by atoms with Crippen LogP contribution in [0.15, 0.2) is 0 Å². The topological polar surface area (TPSA) is 70.1 Å². The molecule has 6 nitrogen and oxygen atoms in total. The molecule has 0 aliphatic carbocycles. The molecule has 2 amide bonds. The van der Waals surface area contributed by atoms with E-state index in [9.17, 15) is 9.59 Å². The Hall–Kier alpha value is -1.30. The molecule has 0 aromatic carbocycles. The Kier molecular flexibility index (Phi) is 3.90. The Labute approximate surface area is 88.4 Å². The van der Waals surface area contributed by atoms with E-state index in [0.717, 1.165) is 0 Å². The van der Waals surface area contributed by atoms with Gasteiger partial charge in [0.15, 0.2) is 6.10 Å². The average Bonchev–Trinajstić information content (AvgIpc) is 2.27. The predicted molar refractivity (Wildman–Crippen MR) is 52.6 cm³/mol. The minimum atomic E-state index is -1.02. The number of hydrogen-bond acceptors (Lipinski definition) is 3. The van der Waals surface area contributed by atoms with Crippen molar-refractivity contribution in [3.8, 4) is 0 Å². The Bertz CT molecular complexity index is 256. The summed E-state index contributed by atoms with van der Waals surface area (Å²) >= 11 is 0. The normalized spacial score (nSPS) is 21.2. The number of carboxylic acids is 1. The van der Waals surface area contributed by atoms with Crippen LogP contribution >= 0.6 is 0 Å². The molecule has 1 atom stereocenters. The monoisotopic (exact) mass is 216 g/mol. The summed E-state index contributed by atoms with van der Waals surface area (Å²) in [6, 6.07) is -0.146. The van der Waals surface area contributed by atoms with Gasteiger partial charge in [-0.15, -0.1) is 0 Å². The minimum absolute atomic E-state index is 0.124. The Morgan fingerprint density at radius 3 is 2.80 bits per heavy atom. The third-order valence-corrected chi connectivity index (χ3v) is 2.41. The van der Waals surface area contributed by atoms with Crippen molar-refractivity contribution in [2.45, 2.75) is 13.0 Å². The van der Waals surface area contributed by atoms with Gasteiger partial charge in [0.1, 0.15) is 0 Å². The van der Waals surface area contributed by atoms with Gasteiger partial charge in [0, 0.05) is 20.1 Å². The lowest BCUT2D eigenvalue weighted by atomic mass is 10.3. The second kappa shape index (κ2) is 4.97. The molecule has 1 fully saturated rings. The molecular formula is C9H16N2O4. The summed E-state index contributed by atoms with van der Waals surface area (Å²) < 4.78 is 5.02. The summed E-state index contributed by atoms with van der Waals surface area (Å²) in [5, 5.41) is 8.76.